The quantitative estimate of drug-likeness (QED) is 0.529. The Morgan fingerprint density at radius 1 is 1.21 bits per heavy atom. The molecule has 2 fully saturated rings. The van der Waals surface area contributed by atoms with Crippen molar-refractivity contribution in [3.63, 3.8) is 0 Å². The normalized spacial score (nSPS) is 19.6. The Labute approximate surface area is 211 Å². The monoisotopic (exact) mass is 517 g/mol. The number of halogens is 2. The number of aryl methyl sites for hydroxylation is 1. The number of nitrogens with zero attached hydrogens (tertiary/aromatic N) is 2. The van der Waals surface area contributed by atoms with Crippen molar-refractivity contribution in [1.29, 1.82) is 0 Å². The van der Waals surface area contributed by atoms with Crippen LogP contribution in [0.4, 0.5) is 5.69 Å². The molecule has 0 atom stereocenters. The van der Waals surface area contributed by atoms with Gasteiger partial charge in [-0.2, -0.15) is 0 Å². The molecule has 0 unspecified atom stereocenters. The fourth-order valence-electron chi connectivity index (χ4n) is 5.65. The molecule has 178 valence electrons. The van der Waals surface area contributed by atoms with Gasteiger partial charge in [-0.15, -0.1) is 11.3 Å². The maximum Gasteiger partial charge on any atom is 0.256 e. The zero-order chi connectivity index (χ0) is 23.6. The number of anilines is 1. The lowest BCUT2D eigenvalue weighted by atomic mass is 9.73. The second-order valence-corrected chi connectivity index (χ2v) is 11.4. The number of aromatic nitrogens is 1. The molecule has 0 aliphatic carbocycles. The number of nitrogens with one attached hydrogen (secondary N) is 1. The molecule has 1 aromatic carbocycles. The molecule has 5 heterocycles. The number of hydrogen-bond acceptors (Lipinski definition) is 5. The molecule has 9 heteroatoms. The van der Waals surface area contributed by atoms with Gasteiger partial charge in [-0.1, -0.05) is 23.2 Å². The minimum absolute atomic E-state index is 0.147. The summed E-state index contributed by atoms with van der Waals surface area (Å²) in [5.74, 6) is -0.166. The molecule has 1 amide bonds. The van der Waals surface area contributed by atoms with E-state index in [9.17, 15) is 9.59 Å². The predicted octanol–water partition coefficient (Wildman–Crippen LogP) is 5.02. The van der Waals surface area contributed by atoms with Crippen molar-refractivity contribution in [3.8, 4) is 0 Å². The molecular formula is C25H25Cl2N3O3S. The number of benzene rings is 1. The van der Waals surface area contributed by atoms with Crippen LogP contribution in [-0.4, -0.2) is 48.6 Å². The number of fused-ring (bicyclic) bond motifs is 2. The molecule has 1 spiro atoms. The third kappa shape index (κ3) is 3.48. The summed E-state index contributed by atoms with van der Waals surface area (Å²) in [4.78, 5) is 33.3. The summed E-state index contributed by atoms with van der Waals surface area (Å²) in [6, 6.07) is 3.92. The molecule has 3 aliphatic heterocycles. The van der Waals surface area contributed by atoms with Gasteiger partial charge in [0.2, 0.25) is 0 Å². The molecule has 3 aromatic rings. The standard InChI is InChI=1S/C25H25Cl2N3O3S/c1-14-15-3-9-34-22(15)17(23(31)28-14)11-29-6-2-16-18(26)10-19(21(27)20(16)24(29)32)30-12-25(13-30)4-7-33-8-5-25/h3,9-10H,2,4-8,11-13H2,1H3,(H,28,31). The highest BCUT2D eigenvalue weighted by Gasteiger charge is 2.45. The Hall–Kier alpha value is -2.06. The third-order valence-electron chi connectivity index (χ3n) is 7.64. The minimum Gasteiger partial charge on any atom is -0.381 e. The first-order chi connectivity index (χ1) is 16.4. The number of pyridine rings is 1. The van der Waals surface area contributed by atoms with E-state index < -0.39 is 0 Å². The summed E-state index contributed by atoms with van der Waals surface area (Å²) in [6.45, 7) is 6.04. The lowest BCUT2D eigenvalue weighted by Crippen LogP contribution is -2.58. The first-order valence-corrected chi connectivity index (χ1v) is 13.2. The van der Waals surface area contributed by atoms with Gasteiger partial charge in [-0.05, 0) is 49.3 Å². The average molecular weight is 518 g/mol. The summed E-state index contributed by atoms with van der Waals surface area (Å²) in [5.41, 5.74) is 3.70. The van der Waals surface area contributed by atoms with Gasteiger partial charge >= 0.3 is 0 Å². The molecular weight excluding hydrogens is 493 g/mol. The van der Waals surface area contributed by atoms with Crippen molar-refractivity contribution in [2.45, 2.75) is 32.7 Å². The van der Waals surface area contributed by atoms with Gasteiger partial charge in [-0.25, -0.2) is 0 Å². The number of thiophene rings is 1. The van der Waals surface area contributed by atoms with Gasteiger partial charge in [0.1, 0.15) is 0 Å². The summed E-state index contributed by atoms with van der Waals surface area (Å²) in [6.07, 6.45) is 2.71. The fraction of sp³-hybridized carbons (Fsp3) is 0.440. The van der Waals surface area contributed by atoms with E-state index in [1.165, 1.54) is 11.3 Å². The number of rotatable bonds is 3. The Morgan fingerprint density at radius 2 is 1.97 bits per heavy atom. The molecule has 1 N–H and O–H groups in total. The molecule has 0 radical (unpaired) electrons. The van der Waals surface area contributed by atoms with Gasteiger partial charge in [-0.3, -0.25) is 9.59 Å². The van der Waals surface area contributed by atoms with Gasteiger partial charge in [0.05, 0.1) is 28.4 Å². The van der Waals surface area contributed by atoms with Crippen LogP contribution in [0.3, 0.4) is 0 Å². The van der Waals surface area contributed by atoms with Gasteiger partial charge < -0.3 is 19.5 Å². The van der Waals surface area contributed by atoms with Crippen molar-refractivity contribution in [3.05, 3.63) is 60.3 Å². The van der Waals surface area contributed by atoms with Crippen LogP contribution in [0, 0.1) is 12.3 Å². The highest BCUT2D eigenvalue weighted by atomic mass is 35.5. The van der Waals surface area contributed by atoms with Crippen LogP contribution in [0.15, 0.2) is 22.3 Å². The average Bonchev–Trinajstić information content (AvgIpc) is 3.29. The Balaban J connectivity index is 1.32. The SMILES string of the molecule is Cc1[nH]c(=O)c(CN2CCc3c(Cl)cc(N4CC5(CCOCC5)C4)c(Cl)c3C2=O)c2sccc12. The van der Waals surface area contributed by atoms with E-state index in [2.05, 4.69) is 9.88 Å². The van der Waals surface area contributed by atoms with Crippen LogP contribution in [0.5, 0.6) is 0 Å². The van der Waals surface area contributed by atoms with E-state index in [0.29, 0.717) is 34.1 Å². The van der Waals surface area contributed by atoms with Crippen molar-refractivity contribution in [2.24, 2.45) is 5.41 Å². The molecule has 6 rings (SSSR count). The highest BCUT2D eigenvalue weighted by molar-refractivity contribution is 7.17. The molecule has 34 heavy (non-hydrogen) atoms. The first kappa shape index (κ1) is 22.4. The van der Waals surface area contributed by atoms with E-state index in [1.807, 2.05) is 24.4 Å². The highest BCUT2D eigenvalue weighted by Crippen LogP contribution is 2.47. The van der Waals surface area contributed by atoms with E-state index in [-0.39, 0.29) is 23.4 Å². The Morgan fingerprint density at radius 3 is 2.74 bits per heavy atom. The minimum atomic E-state index is -0.166. The van der Waals surface area contributed by atoms with Crippen LogP contribution in [0.1, 0.15) is 40.0 Å². The molecule has 3 aliphatic rings. The number of carbonyl (C=O) groups excluding carboxylic acids is 1. The number of carbonyl (C=O) groups is 1. The molecule has 2 aromatic heterocycles. The maximum atomic E-state index is 13.7. The first-order valence-electron chi connectivity index (χ1n) is 11.6. The van der Waals surface area contributed by atoms with Crippen LogP contribution < -0.4 is 10.5 Å². The van der Waals surface area contributed by atoms with Crippen LogP contribution >= 0.6 is 34.5 Å². The Bertz CT molecular complexity index is 1370. The molecule has 6 nitrogen and oxygen atoms in total. The summed E-state index contributed by atoms with van der Waals surface area (Å²) >= 11 is 15.1. The third-order valence-corrected chi connectivity index (χ3v) is 9.34. The van der Waals surface area contributed by atoms with Crippen LogP contribution in [-0.2, 0) is 17.7 Å². The molecule has 2 saturated heterocycles. The van der Waals surface area contributed by atoms with E-state index in [4.69, 9.17) is 27.9 Å². The number of hydrogen-bond donors (Lipinski definition) is 1. The molecule has 0 bridgehead atoms. The summed E-state index contributed by atoms with van der Waals surface area (Å²) in [5, 5.41) is 4.05. The van der Waals surface area contributed by atoms with Gasteiger partial charge in [0.25, 0.3) is 11.5 Å². The van der Waals surface area contributed by atoms with Crippen molar-refractivity contribution in [1.82, 2.24) is 9.88 Å². The molecule has 0 saturated carbocycles. The number of H-pyrrole nitrogens is 1. The predicted molar refractivity (Wildman–Crippen MR) is 137 cm³/mol. The second-order valence-electron chi connectivity index (χ2n) is 9.71. The number of aromatic amines is 1. The zero-order valence-electron chi connectivity index (χ0n) is 18.9. The van der Waals surface area contributed by atoms with Gasteiger partial charge in [0, 0.05) is 59.1 Å². The van der Waals surface area contributed by atoms with Gasteiger partial charge in [0.15, 0.2) is 0 Å². The van der Waals surface area contributed by atoms with E-state index in [1.54, 1.807) is 4.90 Å². The largest absolute Gasteiger partial charge is 0.381 e. The van der Waals surface area contributed by atoms with Crippen molar-refractivity contribution in [2.75, 3.05) is 37.7 Å². The lowest BCUT2D eigenvalue weighted by Gasteiger charge is -2.53. The zero-order valence-corrected chi connectivity index (χ0v) is 21.2. The van der Waals surface area contributed by atoms with Crippen molar-refractivity contribution >= 4 is 56.2 Å². The summed E-state index contributed by atoms with van der Waals surface area (Å²) < 4.78 is 6.46. The van der Waals surface area contributed by atoms with Crippen LogP contribution in [0.2, 0.25) is 10.0 Å². The van der Waals surface area contributed by atoms with Crippen LogP contribution in [0.25, 0.3) is 10.1 Å². The topological polar surface area (TPSA) is 65.6 Å². The number of amides is 1. The number of ether oxygens (including phenoxy) is 1. The Kier molecular flexibility index (Phi) is 5.44. The summed E-state index contributed by atoms with van der Waals surface area (Å²) in [7, 11) is 0. The van der Waals surface area contributed by atoms with E-state index >= 15 is 0 Å². The second kappa shape index (κ2) is 8.26. The lowest BCUT2D eigenvalue weighted by molar-refractivity contribution is -0.000186. The smallest absolute Gasteiger partial charge is 0.256 e. The maximum absolute atomic E-state index is 13.7. The van der Waals surface area contributed by atoms with E-state index in [0.717, 1.165) is 66.2 Å². The van der Waals surface area contributed by atoms with Crippen molar-refractivity contribution < 1.29 is 9.53 Å². The fourth-order valence-corrected chi connectivity index (χ4v) is 7.30.